The molecule has 178 valence electrons. The van der Waals surface area contributed by atoms with Gasteiger partial charge in [-0.3, -0.25) is 0 Å². The Labute approximate surface area is 210 Å². The Balaban J connectivity index is 2.38. The van der Waals surface area contributed by atoms with E-state index in [0.29, 0.717) is 33.5 Å². The maximum absolute atomic E-state index is 13.8. The predicted octanol–water partition coefficient (Wildman–Crippen LogP) is 5.99. The van der Waals surface area contributed by atoms with Gasteiger partial charge in [-0.05, 0) is 60.1 Å². The molecule has 0 aliphatic carbocycles. The number of hydrogen-bond acceptors (Lipinski definition) is 6. The average Bonchev–Trinajstić information content (AvgIpc) is 2.75. The number of esters is 1. The summed E-state index contributed by atoms with van der Waals surface area (Å²) in [7, 11) is 2.57. The van der Waals surface area contributed by atoms with Gasteiger partial charge in [0.15, 0.2) is 5.71 Å². The summed E-state index contributed by atoms with van der Waals surface area (Å²) in [5, 5.41) is 8.19. The zero-order valence-electron chi connectivity index (χ0n) is 18.8. The molecule has 2 aromatic rings. The molecule has 0 bridgehead atoms. The molecule has 0 fully saturated rings. The summed E-state index contributed by atoms with van der Waals surface area (Å²) in [5.74, 6) is -0.665. The van der Waals surface area contributed by atoms with Crippen molar-refractivity contribution in [3.8, 4) is 0 Å². The van der Waals surface area contributed by atoms with Crippen LogP contribution in [0.3, 0.4) is 0 Å². The van der Waals surface area contributed by atoms with Crippen molar-refractivity contribution in [3.63, 3.8) is 0 Å². The van der Waals surface area contributed by atoms with Crippen LogP contribution in [0.4, 0.5) is 8.78 Å². The van der Waals surface area contributed by atoms with Gasteiger partial charge in [0.2, 0.25) is 0 Å². The van der Waals surface area contributed by atoms with E-state index >= 15 is 0 Å². The fourth-order valence-corrected chi connectivity index (χ4v) is 3.81. The summed E-state index contributed by atoms with van der Waals surface area (Å²) < 4.78 is 29.3. The lowest BCUT2D eigenvalue weighted by Gasteiger charge is -2.16. The molecule has 6 nitrogen and oxygen atoms in total. The SMILES string of the molecule is CO/N=C(/C(=O)OC)c1cccc(C)c1CO/N=C(\C)c1ccc(C)c(Cl)c1CC(F)(F)I. The molecule has 0 unspecified atom stereocenters. The Kier molecular flexibility index (Phi) is 9.59. The third kappa shape index (κ3) is 7.10. The van der Waals surface area contributed by atoms with Crippen molar-refractivity contribution in [3.05, 3.63) is 68.7 Å². The predicted molar refractivity (Wildman–Crippen MR) is 133 cm³/mol. The van der Waals surface area contributed by atoms with Crippen LogP contribution in [0, 0.1) is 13.8 Å². The van der Waals surface area contributed by atoms with Crippen molar-refractivity contribution in [1.82, 2.24) is 0 Å². The van der Waals surface area contributed by atoms with E-state index in [9.17, 15) is 13.6 Å². The summed E-state index contributed by atoms with van der Waals surface area (Å²) in [6.07, 6.45) is -0.534. The molecular weight excluding hydrogens is 569 g/mol. The fraction of sp³-hybridized carbons (Fsp3) is 0.348. The zero-order chi connectivity index (χ0) is 24.8. The molecule has 2 aromatic carbocycles. The highest BCUT2D eigenvalue weighted by atomic mass is 127. The van der Waals surface area contributed by atoms with Crippen LogP contribution < -0.4 is 0 Å². The Morgan fingerprint density at radius 2 is 1.76 bits per heavy atom. The molecule has 0 aliphatic rings. The molecule has 0 amide bonds. The minimum atomic E-state index is -2.97. The summed E-state index contributed by atoms with van der Waals surface area (Å²) >= 11 is 7.42. The number of alkyl halides is 3. The molecular formula is C23H24ClF2IN2O4. The third-order valence-electron chi connectivity index (χ3n) is 4.84. The van der Waals surface area contributed by atoms with Gasteiger partial charge >= 0.3 is 9.90 Å². The maximum atomic E-state index is 13.8. The van der Waals surface area contributed by atoms with Crippen molar-refractivity contribution in [2.45, 2.75) is 37.7 Å². The average molecular weight is 593 g/mol. The van der Waals surface area contributed by atoms with Gasteiger partial charge in [0.25, 0.3) is 0 Å². The topological polar surface area (TPSA) is 69.5 Å². The van der Waals surface area contributed by atoms with Crippen LogP contribution in [0.15, 0.2) is 40.6 Å². The van der Waals surface area contributed by atoms with E-state index in [0.717, 1.165) is 28.2 Å². The van der Waals surface area contributed by atoms with E-state index in [1.165, 1.54) is 14.2 Å². The second kappa shape index (κ2) is 11.7. The molecule has 0 radical (unpaired) electrons. The smallest absolute Gasteiger partial charge is 0.360 e. The van der Waals surface area contributed by atoms with Gasteiger partial charge in [0, 0.05) is 28.1 Å². The standard InChI is InChI=1S/C23H24ClF2IN2O4/c1-13-7-6-8-17(21(29-32-5)22(30)31-4)19(13)12-33-28-15(3)16-10-9-14(2)20(24)18(16)11-23(25,26)27/h6-10H,11-12H2,1-5H3/b28-15+,29-21+. The zero-order valence-corrected chi connectivity index (χ0v) is 21.8. The van der Waals surface area contributed by atoms with Crippen LogP contribution in [0.5, 0.6) is 0 Å². The first-order chi connectivity index (χ1) is 15.5. The van der Waals surface area contributed by atoms with Crippen LogP contribution in [-0.4, -0.2) is 35.5 Å². The molecule has 0 saturated heterocycles. The van der Waals surface area contributed by atoms with Crippen LogP contribution in [0.2, 0.25) is 5.02 Å². The van der Waals surface area contributed by atoms with Crippen molar-refractivity contribution in [2.24, 2.45) is 10.3 Å². The summed E-state index contributed by atoms with van der Waals surface area (Å²) in [5.41, 5.74) is 3.80. The van der Waals surface area contributed by atoms with E-state index in [2.05, 4.69) is 10.3 Å². The minimum absolute atomic E-state index is 0.00353. The van der Waals surface area contributed by atoms with Gasteiger partial charge in [-0.15, -0.1) is 0 Å². The highest BCUT2D eigenvalue weighted by Gasteiger charge is 2.28. The van der Waals surface area contributed by atoms with Gasteiger partial charge < -0.3 is 14.4 Å². The number of oxime groups is 2. The Morgan fingerprint density at radius 1 is 1.06 bits per heavy atom. The molecule has 0 saturated carbocycles. The molecule has 0 atom stereocenters. The lowest BCUT2D eigenvalue weighted by Crippen LogP contribution is -2.20. The van der Waals surface area contributed by atoms with E-state index in [-0.39, 0.29) is 17.3 Å². The number of carbonyl (C=O) groups excluding carboxylic acids is 1. The quantitative estimate of drug-likeness (QED) is 0.118. The van der Waals surface area contributed by atoms with Crippen molar-refractivity contribution in [2.75, 3.05) is 14.2 Å². The summed E-state index contributed by atoms with van der Waals surface area (Å²) in [6.45, 7) is 5.25. The largest absolute Gasteiger partial charge is 0.464 e. The maximum Gasteiger partial charge on any atom is 0.360 e. The molecule has 2 rings (SSSR count). The number of hydrogen-bond donors (Lipinski definition) is 0. The second-order valence-electron chi connectivity index (χ2n) is 7.18. The number of nitrogens with zero attached hydrogens (tertiary/aromatic N) is 2. The lowest BCUT2D eigenvalue weighted by molar-refractivity contribution is -0.132. The third-order valence-corrected chi connectivity index (χ3v) is 5.75. The van der Waals surface area contributed by atoms with Gasteiger partial charge in [-0.25, -0.2) is 4.79 Å². The van der Waals surface area contributed by atoms with Crippen molar-refractivity contribution in [1.29, 1.82) is 0 Å². The monoisotopic (exact) mass is 592 g/mol. The van der Waals surface area contributed by atoms with E-state index in [1.54, 1.807) is 38.1 Å². The molecule has 0 N–H and O–H groups in total. The molecule has 33 heavy (non-hydrogen) atoms. The van der Waals surface area contributed by atoms with Crippen LogP contribution in [0.1, 0.15) is 40.3 Å². The number of methoxy groups -OCH3 is 1. The van der Waals surface area contributed by atoms with Crippen LogP contribution in [0.25, 0.3) is 0 Å². The van der Waals surface area contributed by atoms with Gasteiger partial charge in [-0.1, -0.05) is 52.2 Å². The molecule has 0 aromatic heterocycles. The first-order valence-electron chi connectivity index (χ1n) is 9.80. The van der Waals surface area contributed by atoms with Crippen molar-refractivity contribution < 1.29 is 28.0 Å². The number of aryl methyl sites for hydroxylation is 2. The van der Waals surface area contributed by atoms with E-state index in [4.69, 9.17) is 26.0 Å². The van der Waals surface area contributed by atoms with Crippen LogP contribution in [-0.2, 0) is 32.2 Å². The van der Waals surface area contributed by atoms with Gasteiger partial charge in [0.1, 0.15) is 13.7 Å². The molecule has 0 spiro atoms. The second-order valence-corrected chi connectivity index (χ2v) is 9.14. The normalized spacial score (nSPS) is 12.5. The highest BCUT2D eigenvalue weighted by molar-refractivity contribution is 14.1. The van der Waals surface area contributed by atoms with Gasteiger partial charge in [-0.2, -0.15) is 8.78 Å². The van der Waals surface area contributed by atoms with E-state index in [1.807, 2.05) is 13.0 Å². The minimum Gasteiger partial charge on any atom is -0.464 e. The number of rotatable bonds is 9. The number of halogens is 4. The molecule has 0 heterocycles. The Morgan fingerprint density at radius 3 is 2.36 bits per heavy atom. The fourth-order valence-electron chi connectivity index (χ4n) is 3.19. The van der Waals surface area contributed by atoms with Crippen LogP contribution >= 0.6 is 34.2 Å². The molecule has 10 heteroatoms. The Bertz CT molecular complexity index is 1080. The number of ether oxygens (including phenoxy) is 1. The van der Waals surface area contributed by atoms with E-state index < -0.39 is 16.3 Å². The van der Waals surface area contributed by atoms with Crippen molar-refractivity contribution >= 4 is 51.6 Å². The first-order valence-corrected chi connectivity index (χ1v) is 11.3. The number of benzene rings is 2. The first kappa shape index (κ1) is 27.0. The highest BCUT2D eigenvalue weighted by Crippen LogP contribution is 2.34. The summed E-state index contributed by atoms with van der Waals surface area (Å²) in [6, 6.07) is 8.75. The summed E-state index contributed by atoms with van der Waals surface area (Å²) in [4.78, 5) is 22.5. The Hall–Kier alpha value is -2.27. The lowest BCUT2D eigenvalue weighted by atomic mass is 9.98. The number of carbonyl (C=O) groups is 1. The molecule has 0 aliphatic heterocycles. The van der Waals surface area contributed by atoms with Gasteiger partial charge in [0.05, 0.1) is 12.8 Å².